The average molecular weight is 327 g/mol. The van der Waals surface area contributed by atoms with E-state index < -0.39 is 0 Å². The highest BCUT2D eigenvalue weighted by atomic mass is 35.5. The highest BCUT2D eigenvalue weighted by molar-refractivity contribution is 6.31. The van der Waals surface area contributed by atoms with Crippen LogP contribution in [0.25, 0.3) is 0 Å². The van der Waals surface area contributed by atoms with E-state index in [1.165, 1.54) is 12.1 Å². The Kier molecular flexibility index (Phi) is 5.97. The van der Waals surface area contributed by atoms with Gasteiger partial charge in [-0.25, -0.2) is 4.39 Å². The van der Waals surface area contributed by atoms with Gasteiger partial charge in [-0.1, -0.05) is 36.2 Å². The summed E-state index contributed by atoms with van der Waals surface area (Å²) < 4.78 is 13.1. The van der Waals surface area contributed by atoms with Crippen molar-refractivity contribution in [2.24, 2.45) is 0 Å². The van der Waals surface area contributed by atoms with E-state index in [0.717, 1.165) is 24.1 Å². The van der Waals surface area contributed by atoms with Crippen molar-refractivity contribution in [3.8, 4) is 0 Å². The van der Waals surface area contributed by atoms with Crippen molar-refractivity contribution in [3.05, 3.63) is 63.6 Å². The van der Waals surface area contributed by atoms with Crippen LogP contribution in [0.15, 0.2) is 36.7 Å². The summed E-state index contributed by atoms with van der Waals surface area (Å²) in [7, 11) is 0. The first kappa shape index (κ1) is 16.2. The Bertz CT molecular complexity index is 605. The van der Waals surface area contributed by atoms with Crippen LogP contribution in [0.3, 0.4) is 0 Å². The molecule has 0 amide bonds. The Morgan fingerprint density at radius 2 is 2.05 bits per heavy atom. The lowest BCUT2D eigenvalue weighted by Crippen LogP contribution is -2.24. The largest absolute Gasteiger partial charge is 0.310 e. The van der Waals surface area contributed by atoms with Crippen molar-refractivity contribution in [2.75, 3.05) is 6.54 Å². The van der Waals surface area contributed by atoms with Crippen LogP contribution < -0.4 is 5.32 Å². The molecule has 2 nitrogen and oxygen atoms in total. The molecule has 0 saturated carbocycles. The summed E-state index contributed by atoms with van der Waals surface area (Å²) in [6, 6.07) is 6.39. The van der Waals surface area contributed by atoms with Crippen LogP contribution in [-0.2, 0) is 6.42 Å². The summed E-state index contributed by atoms with van der Waals surface area (Å²) >= 11 is 12.4. The predicted octanol–water partition coefficient (Wildman–Crippen LogP) is 4.81. The van der Waals surface area contributed by atoms with Gasteiger partial charge in [0.05, 0.1) is 5.02 Å². The predicted molar refractivity (Wildman–Crippen MR) is 85.4 cm³/mol. The number of aromatic nitrogens is 1. The van der Waals surface area contributed by atoms with Crippen LogP contribution in [0, 0.1) is 5.82 Å². The molecule has 112 valence electrons. The lowest BCUT2D eigenvalue weighted by atomic mass is 9.99. The van der Waals surface area contributed by atoms with Crippen LogP contribution in [0.2, 0.25) is 10.0 Å². The molecule has 0 bridgehead atoms. The number of benzene rings is 1. The molecule has 5 heteroatoms. The number of rotatable bonds is 6. The standard InChI is InChI=1S/C16H17Cl2FN2/c1-2-6-21-16(13-5-7-20-10-15(13)18)8-11-3-4-12(19)9-14(11)17/h3-5,7,9-10,16,21H,2,6,8H2,1H3. The fourth-order valence-corrected chi connectivity index (χ4v) is 2.68. The van der Waals surface area contributed by atoms with Gasteiger partial charge < -0.3 is 5.32 Å². The van der Waals surface area contributed by atoms with E-state index in [1.54, 1.807) is 18.5 Å². The molecule has 1 heterocycles. The Balaban J connectivity index is 2.26. The quantitative estimate of drug-likeness (QED) is 0.823. The molecule has 0 aliphatic rings. The van der Waals surface area contributed by atoms with Crippen LogP contribution >= 0.6 is 23.2 Å². The van der Waals surface area contributed by atoms with Gasteiger partial charge in [-0.3, -0.25) is 4.98 Å². The Labute approximate surface area is 134 Å². The summed E-state index contributed by atoms with van der Waals surface area (Å²) in [5.74, 6) is -0.330. The molecule has 0 fully saturated rings. The molecule has 1 N–H and O–H groups in total. The molecule has 0 aliphatic carbocycles. The number of hydrogen-bond donors (Lipinski definition) is 1. The van der Waals surface area contributed by atoms with E-state index in [2.05, 4.69) is 17.2 Å². The second-order valence-corrected chi connectivity index (χ2v) is 5.66. The third-order valence-corrected chi connectivity index (χ3v) is 3.93. The lowest BCUT2D eigenvalue weighted by molar-refractivity contribution is 0.528. The third-order valence-electron chi connectivity index (χ3n) is 3.26. The molecule has 1 aromatic carbocycles. The van der Waals surface area contributed by atoms with Gasteiger partial charge >= 0.3 is 0 Å². The van der Waals surface area contributed by atoms with Gasteiger partial charge in [-0.2, -0.15) is 0 Å². The molecule has 2 aromatic rings. The molecule has 21 heavy (non-hydrogen) atoms. The van der Waals surface area contributed by atoms with Crippen molar-refractivity contribution in [1.82, 2.24) is 10.3 Å². The zero-order valence-corrected chi connectivity index (χ0v) is 13.3. The van der Waals surface area contributed by atoms with Crippen molar-refractivity contribution in [3.63, 3.8) is 0 Å². The van der Waals surface area contributed by atoms with Crippen molar-refractivity contribution in [2.45, 2.75) is 25.8 Å². The normalized spacial score (nSPS) is 12.4. The average Bonchev–Trinajstić information content (AvgIpc) is 2.46. The third kappa shape index (κ3) is 4.40. The van der Waals surface area contributed by atoms with E-state index in [1.807, 2.05) is 6.07 Å². The van der Waals surface area contributed by atoms with E-state index in [4.69, 9.17) is 23.2 Å². The first-order valence-corrected chi connectivity index (χ1v) is 7.64. The maximum atomic E-state index is 13.1. The van der Waals surface area contributed by atoms with Crippen molar-refractivity contribution >= 4 is 23.2 Å². The van der Waals surface area contributed by atoms with Gasteiger partial charge in [0.25, 0.3) is 0 Å². The monoisotopic (exact) mass is 326 g/mol. The summed E-state index contributed by atoms with van der Waals surface area (Å²) in [5.41, 5.74) is 1.86. The summed E-state index contributed by atoms with van der Waals surface area (Å²) in [5, 5.41) is 4.50. The zero-order valence-electron chi connectivity index (χ0n) is 11.7. The van der Waals surface area contributed by atoms with E-state index >= 15 is 0 Å². The van der Waals surface area contributed by atoms with Crippen molar-refractivity contribution in [1.29, 1.82) is 0 Å². The van der Waals surface area contributed by atoms with Crippen LogP contribution in [0.4, 0.5) is 4.39 Å². The number of nitrogens with zero attached hydrogens (tertiary/aromatic N) is 1. The van der Waals surface area contributed by atoms with Gasteiger partial charge in [0.2, 0.25) is 0 Å². The number of halogens is 3. The first-order chi connectivity index (χ1) is 10.1. The molecule has 0 aliphatic heterocycles. The summed E-state index contributed by atoms with van der Waals surface area (Å²) in [4.78, 5) is 4.01. The Morgan fingerprint density at radius 3 is 2.71 bits per heavy atom. The topological polar surface area (TPSA) is 24.9 Å². The summed E-state index contributed by atoms with van der Waals surface area (Å²) in [6.45, 7) is 2.96. The first-order valence-electron chi connectivity index (χ1n) is 6.88. The minimum atomic E-state index is -0.330. The van der Waals surface area contributed by atoms with Gasteiger partial charge in [-0.15, -0.1) is 0 Å². The fraction of sp³-hybridized carbons (Fsp3) is 0.312. The second-order valence-electron chi connectivity index (χ2n) is 4.84. The van der Waals surface area contributed by atoms with Crippen LogP contribution in [-0.4, -0.2) is 11.5 Å². The molecule has 1 atom stereocenters. The number of nitrogens with one attached hydrogen (secondary N) is 1. The molecule has 0 saturated heterocycles. The highest BCUT2D eigenvalue weighted by Gasteiger charge is 2.16. The number of pyridine rings is 1. The Hall–Kier alpha value is -1.16. The number of hydrogen-bond acceptors (Lipinski definition) is 2. The van der Waals surface area contributed by atoms with E-state index in [-0.39, 0.29) is 11.9 Å². The fourth-order valence-electron chi connectivity index (χ4n) is 2.19. The summed E-state index contributed by atoms with van der Waals surface area (Å²) in [6.07, 6.45) is 5.00. The molecule has 2 rings (SSSR count). The molecule has 1 aromatic heterocycles. The van der Waals surface area contributed by atoms with Crippen LogP contribution in [0.5, 0.6) is 0 Å². The van der Waals surface area contributed by atoms with Gasteiger partial charge in [0.1, 0.15) is 5.82 Å². The highest BCUT2D eigenvalue weighted by Crippen LogP contribution is 2.28. The molecule has 0 spiro atoms. The van der Waals surface area contributed by atoms with Crippen LogP contribution in [0.1, 0.15) is 30.5 Å². The van der Waals surface area contributed by atoms with Gasteiger partial charge in [0, 0.05) is 23.5 Å². The lowest BCUT2D eigenvalue weighted by Gasteiger charge is -2.20. The maximum absolute atomic E-state index is 13.1. The SMILES string of the molecule is CCCNC(Cc1ccc(F)cc1Cl)c1ccncc1Cl. The molecule has 0 radical (unpaired) electrons. The minimum absolute atomic E-state index is 0.0170. The van der Waals surface area contributed by atoms with Gasteiger partial charge in [-0.05, 0) is 48.7 Å². The van der Waals surface area contributed by atoms with Crippen molar-refractivity contribution < 1.29 is 4.39 Å². The second kappa shape index (κ2) is 7.74. The van der Waals surface area contributed by atoms with Gasteiger partial charge in [0.15, 0.2) is 0 Å². The Morgan fingerprint density at radius 1 is 1.24 bits per heavy atom. The van der Waals surface area contributed by atoms with E-state index in [0.29, 0.717) is 16.5 Å². The maximum Gasteiger partial charge on any atom is 0.124 e. The molecule has 1 unspecified atom stereocenters. The van der Waals surface area contributed by atoms with E-state index in [9.17, 15) is 4.39 Å². The smallest absolute Gasteiger partial charge is 0.124 e. The zero-order chi connectivity index (χ0) is 15.2. The minimum Gasteiger partial charge on any atom is -0.310 e. The molecular formula is C16H17Cl2FN2. The molecular weight excluding hydrogens is 310 g/mol.